The Hall–Kier alpha value is -0.440. The number of rotatable bonds is 0. The lowest BCUT2D eigenvalue weighted by molar-refractivity contribution is -0.161. The van der Waals surface area contributed by atoms with E-state index in [2.05, 4.69) is 13.8 Å². The van der Waals surface area contributed by atoms with Gasteiger partial charge in [-0.05, 0) is 73.0 Å². The highest BCUT2D eigenvalue weighted by molar-refractivity contribution is 5.79. The second kappa shape index (κ2) is 4.78. The van der Waals surface area contributed by atoms with Crippen LogP contribution in [0.3, 0.4) is 0 Å². The van der Waals surface area contributed by atoms with Crippen LogP contribution >= 0.6 is 0 Å². The molecule has 0 aromatic rings. The van der Waals surface area contributed by atoms with Gasteiger partial charge in [0.1, 0.15) is 12.0 Å². The minimum atomic E-state index is -0.806. The average molecular weight is 307 g/mol. The molecule has 124 valence electrons. The second-order valence-electron chi connectivity index (χ2n) is 9.14. The smallest absolute Gasteiger partial charge is 0.133 e. The zero-order valence-corrected chi connectivity index (χ0v) is 13.9. The van der Waals surface area contributed by atoms with Crippen molar-refractivity contribution in [2.75, 3.05) is 0 Å². The third-order valence-corrected chi connectivity index (χ3v) is 8.32. The number of aliphatic hydroxyl groups is 1. The molecule has 4 aliphatic carbocycles. The standard InChI is InChI=1S/C19H29FO2/c1-18-8-7-12(21)9-11(18)3-4-13-14-5-6-16(22)19(14,2)10-15(20)17(13)18/h11,13-17,22H,3-10H2,1-2H3/t11-,13?,14?,15?,16-,17?,18-,19-/m0/s1/i20-1. The maximum Gasteiger partial charge on any atom is 0.133 e. The Morgan fingerprint density at radius 3 is 2.68 bits per heavy atom. The summed E-state index contributed by atoms with van der Waals surface area (Å²) in [7, 11) is 0. The van der Waals surface area contributed by atoms with Crippen molar-refractivity contribution in [3.05, 3.63) is 0 Å². The van der Waals surface area contributed by atoms with Crippen LogP contribution in [0.4, 0.5) is 4.39 Å². The van der Waals surface area contributed by atoms with Crippen LogP contribution in [0.25, 0.3) is 0 Å². The fourth-order valence-electron chi connectivity index (χ4n) is 7.07. The minimum absolute atomic E-state index is 0.00508. The normalized spacial score (nSPS) is 57.9. The quantitative estimate of drug-likeness (QED) is 0.737. The van der Waals surface area contributed by atoms with Gasteiger partial charge in [0.2, 0.25) is 0 Å². The molecule has 4 fully saturated rings. The third kappa shape index (κ3) is 1.84. The summed E-state index contributed by atoms with van der Waals surface area (Å²) in [6, 6.07) is 0. The maximum absolute atomic E-state index is 15.3. The molecule has 0 heterocycles. The molecule has 0 amide bonds. The summed E-state index contributed by atoms with van der Waals surface area (Å²) in [5, 5.41) is 10.4. The van der Waals surface area contributed by atoms with Gasteiger partial charge in [-0.1, -0.05) is 13.8 Å². The summed E-state index contributed by atoms with van der Waals surface area (Å²) in [6.45, 7) is 4.39. The SMILES string of the molecule is C[C@]12CC([18F])C3C(CC[C@H]4CC(=O)CC[C@]34C)C1CC[C@@H]2O. The summed E-state index contributed by atoms with van der Waals surface area (Å²) in [5.74, 6) is 1.79. The Balaban J connectivity index is 1.69. The fraction of sp³-hybridized carbons (Fsp3) is 0.947. The van der Waals surface area contributed by atoms with Gasteiger partial charge in [-0.15, -0.1) is 0 Å². The van der Waals surface area contributed by atoms with Gasteiger partial charge in [0, 0.05) is 12.8 Å². The van der Waals surface area contributed by atoms with Crippen molar-refractivity contribution in [1.29, 1.82) is 0 Å². The van der Waals surface area contributed by atoms with E-state index in [-0.39, 0.29) is 22.9 Å². The van der Waals surface area contributed by atoms with Gasteiger partial charge >= 0.3 is 0 Å². The van der Waals surface area contributed by atoms with Crippen molar-refractivity contribution in [1.82, 2.24) is 0 Å². The lowest BCUT2D eigenvalue weighted by Crippen LogP contribution is -2.58. The number of hydrogen-bond donors (Lipinski definition) is 1. The lowest BCUT2D eigenvalue weighted by atomic mass is 9.44. The van der Waals surface area contributed by atoms with Gasteiger partial charge in [0.15, 0.2) is 0 Å². The van der Waals surface area contributed by atoms with Crippen molar-refractivity contribution < 1.29 is 14.3 Å². The molecule has 4 rings (SSSR count). The Morgan fingerprint density at radius 2 is 1.91 bits per heavy atom. The molecule has 0 aromatic heterocycles. The van der Waals surface area contributed by atoms with Crippen LogP contribution in [0.5, 0.6) is 0 Å². The van der Waals surface area contributed by atoms with Gasteiger partial charge < -0.3 is 5.11 Å². The molecular weight excluding hydrogens is 278 g/mol. The van der Waals surface area contributed by atoms with Gasteiger partial charge in [0.25, 0.3) is 0 Å². The zero-order valence-electron chi connectivity index (χ0n) is 13.9. The highest BCUT2D eigenvalue weighted by atomic mass is 18.2. The zero-order chi connectivity index (χ0) is 15.7. The van der Waals surface area contributed by atoms with Crippen molar-refractivity contribution in [3.8, 4) is 0 Å². The van der Waals surface area contributed by atoms with Gasteiger partial charge in [-0.25, -0.2) is 4.39 Å². The van der Waals surface area contributed by atoms with Crippen LogP contribution in [-0.2, 0) is 4.79 Å². The molecule has 4 aliphatic rings. The van der Waals surface area contributed by atoms with E-state index in [1.165, 1.54) is 0 Å². The molecule has 4 saturated carbocycles. The van der Waals surface area contributed by atoms with Gasteiger partial charge in [0.05, 0.1) is 6.10 Å². The molecule has 0 bridgehead atoms. The number of carbonyl (C=O) groups is 1. The summed E-state index contributed by atoms with van der Waals surface area (Å²) in [6.07, 6.45) is 5.64. The topological polar surface area (TPSA) is 37.3 Å². The summed E-state index contributed by atoms with van der Waals surface area (Å²) in [5.41, 5.74) is -0.209. The van der Waals surface area contributed by atoms with Crippen molar-refractivity contribution in [2.24, 2.45) is 34.5 Å². The molecule has 1 N–H and O–H groups in total. The monoisotopic (exact) mass is 307 g/mol. The number of hydrogen-bond acceptors (Lipinski definition) is 2. The number of fused-ring (bicyclic) bond motifs is 5. The summed E-state index contributed by atoms with van der Waals surface area (Å²) < 4.78 is 15.3. The number of carbonyl (C=O) groups excluding carboxylic acids is 1. The number of halogens is 1. The molecular formula is C19H29FO2. The van der Waals surface area contributed by atoms with E-state index in [1.54, 1.807) is 0 Å². The molecule has 22 heavy (non-hydrogen) atoms. The molecule has 0 aromatic carbocycles. The Kier molecular flexibility index (Phi) is 3.28. The molecule has 0 spiro atoms. The average Bonchev–Trinajstić information content (AvgIpc) is 2.75. The van der Waals surface area contributed by atoms with E-state index in [9.17, 15) is 9.90 Å². The van der Waals surface area contributed by atoms with E-state index >= 15 is 4.39 Å². The van der Waals surface area contributed by atoms with Crippen LogP contribution in [0.15, 0.2) is 0 Å². The fourth-order valence-corrected chi connectivity index (χ4v) is 7.07. The number of alkyl halides is 1. The highest BCUT2D eigenvalue weighted by Gasteiger charge is 2.63. The van der Waals surface area contributed by atoms with E-state index < -0.39 is 6.17 Å². The predicted octanol–water partition coefficient (Wildman–Crippen LogP) is 3.91. The van der Waals surface area contributed by atoms with Crippen molar-refractivity contribution >= 4 is 5.78 Å². The maximum atomic E-state index is 15.3. The summed E-state index contributed by atoms with van der Waals surface area (Å²) in [4.78, 5) is 11.9. The van der Waals surface area contributed by atoms with E-state index in [1.807, 2.05) is 0 Å². The molecule has 3 heteroatoms. The Labute approximate surface area is 132 Å². The van der Waals surface area contributed by atoms with Crippen LogP contribution in [0, 0.1) is 34.5 Å². The molecule has 0 saturated heterocycles. The minimum Gasteiger partial charge on any atom is -0.393 e. The summed E-state index contributed by atoms with van der Waals surface area (Å²) >= 11 is 0. The predicted molar refractivity (Wildman–Crippen MR) is 83.0 cm³/mol. The van der Waals surface area contributed by atoms with Gasteiger partial charge in [-0.2, -0.15) is 0 Å². The molecule has 0 aliphatic heterocycles. The number of Topliss-reactive ketones (excluding diaryl/α,β-unsaturated/α-hetero) is 1. The second-order valence-corrected chi connectivity index (χ2v) is 9.14. The van der Waals surface area contributed by atoms with Crippen LogP contribution in [-0.4, -0.2) is 23.2 Å². The van der Waals surface area contributed by atoms with E-state index in [0.29, 0.717) is 42.8 Å². The number of aliphatic hydroxyl groups excluding tert-OH is 1. The van der Waals surface area contributed by atoms with Crippen LogP contribution in [0.1, 0.15) is 65.2 Å². The largest absolute Gasteiger partial charge is 0.393 e. The highest BCUT2D eigenvalue weighted by Crippen LogP contribution is 2.66. The van der Waals surface area contributed by atoms with Crippen molar-refractivity contribution in [3.63, 3.8) is 0 Å². The van der Waals surface area contributed by atoms with E-state index in [0.717, 1.165) is 32.1 Å². The molecule has 4 unspecified atom stereocenters. The Morgan fingerprint density at radius 1 is 1.14 bits per heavy atom. The molecule has 2 nitrogen and oxygen atoms in total. The van der Waals surface area contributed by atoms with Crippen LogP contribution in [0.2, 0.25) is 0 Å². The lowest BCUT2D eigenvalue weighted by Gasteiger charge is -2.60. The van der Waals surface area contributed by atoms with E-state index in [4.69, 9.17) is 0 Å². The first-order chi connectivity index (χ1) is 10.4. The molecule has 0 radical (unpaired) electrons. The van der Waals surface area contributed by atoms with Gasteiger partial charge in [-0.3, -0.25) is 4.79 Å². The van der Waals surface area contributed by atoms with Crippen LogP contribution < -0.4 is 0 Å². The molecule has 8 atom stereocenters. The first-order valence-corrected chi connectivity index (χ1v) is 9.20. The van der Waals surface area contributed by atoms with Crippen molar-refractivity contribution in [2.45, 2.75) is 77.5 Å². The first kappa shape index (κ1) is 15.1. The number of ketones is 1. The Bertz CT molecular complexity index is 492. The first-order valence-electron chi connectivity index (χ1n) is 9.20. The third-order valence-electron chi connectivity index (χ3n) is 8.32.